The molecule has 19 heavy (non-hydrogen) atoms. The summed E-state index contributed by atoms with van der Waals surface area (Å²) in [6.07, 6.45) is 4.64. The lowest BCUT2D eigenvalue weighted by Crippen LogP contribution is -2.39. The van der Waals surface area contributed by atoms with Crippen LogP contribution in [0, 0.1) is 11.3 Å². The molecule has 0 aromatic heterocycles. The topological polar surface area (TPSA) is 70.1 Å². The summed E-state index contributed by atoms with van der Waals surface area (Å²) in [6, 6.07) is 10.2. The summed E-state index contributed by atoms with van der Waals surface area (Å²) in [5.41, 5.74) is 6.99. The maximum atomic E-state index is 11.2. The first-order chi connectivity index (χ1) is 9.20. The Hall–Kier alpha value is -1.86. The molecule has 1 fully saturated rings. The van der Waals surface area contributed by atoms with Gasteiger partial charge in [-0.15, -0.1) is 0 Å². The first kappa shape index (κ1) is 13.6. The molecule has 1 aliphatic carbocycles. The highest BCUT2D eigenvalue weighted by Crippen LogP contribution is 2.25. The number of rotatable bonds is 5. The van der Waals surface area contributed by atoms with Gasteiger partial charge in [-0.3, -0.25) is 9.69 Å². The zero-order valence-electron chi connectivity index (χ0n) is 11.0. The quantitative estimate of drug-likeness (QED) is 0.874. The third kappa shape index (κ3) is 3.55. The van der Waals surface area contributed by atoms with Gasteiger partial charge in [0.2, 0.25) is 5.91 Å². The third-order valence-electron chi connectivity index (χ3n) is 3.71. The molecule has 2 rings (SSSR count). The number of carbonyl (C=O) groups excluding carboxylic acids is 1. The van der Waals surface area contributed by atoms with Crippen molar-refractivity contribution in [2.45, 2.75) is 38.3 Å². The highest BCUT2D eigenvalue weighted by molar-refractivity contribution is 5.76. The summed E-state index contributed by atoms with van der Waals surface area (Å²) in [4.78, 5) is 13.3. The summed E-state index contributed by atoms with van der Waals surface area (Å²) >= 11 is 0. The summed E-state index contributed by atoms with van der Waals surface area (Å²) in [7, 11) is 0. The molecule has 4 heteroatoms. The molecule has 0 spiro atoms. The Bertz CT molecular complexity index is 486. The molecule has 0 aliphatic heterocycles. The average molecular weight is 257 g/mol. The van der Waals surface area contributed by atoms with Crippen LogP contribution >= 0.6 is 0 Å². The molecule has 4 nitrogen and oxygen atoms in total. The van der Waals surface area contributed by atoms with E-state index in [2.05, 4.69) is 11.0 Å². The fourth-order valence-corrected chi connectivity index (χ4v) is 2.77. The van der Waals surface area contributed by atoms with Crippen molar-refractivity contribution in [3.05, 3.63) is 35.4 Å². The standard InChI is InChI=1S/C15H19N3O/c16-9-12-5-1-2-6-13(12)10-18(11-15(17)19)14-7-3-4-8-14/h1-2,5-6,14H,3-4,7-8,10-11H2,(H2,17,19). The minimum atomic E-state index is -0.304. The Labute approximate surface area is 113 Å². The van der Waals surface area contributed by atoms with Gasteiger partial charge >= 0.3 is 0 Å². The Morgan fingerprint density at radius 3 is 2.68 bits per heavy atom. The zero-order valence-corrected chi connectivity index (χ0v) is 11.0. The van der Waals surface area contributed by atoms with Crippen LogP contribution in [0.25, 0.3) is 0 Å². The number of hydrogen-bond acceptors (Lipinski definition) is 3. The van der Waals surface area contributed by atoms with Crippen molar-refractivity contribution < 1.29 is 4.79 Å². The largest absolute Gasteiger partial charge is 0.369 e. The molecule has 1 aliphatic rings. The third-order valence-corrected chi connectivity index (χ3v) is 3.71. The van der Waals surface area contributed by atoms with Crippen LogP contribution in [0.4, 0.5) is 0 Å². The number of amides is 1. The van der Waals surface area contributed by atoms with Gasteiger partial charge in [0.15, 0.2) is 0 Å². The fourth-order valence-electron chi connectivity index (χ4n) is 2.77. The number of nitriles is 1. The Balaban J connectivity index is 2.15. The van der Waals surface area contributed by atoms with Crippen LogP contribution in [0.2, 0.25) is 0 Å². The monoisotopic (exact) mass is 257 g/mol. The SMILES string of the molecule is N#Cc1ccccc1CN(CC(N)=O)C1CCCC1. The molecule has 1 saturated carbocycles. The van der Waals surface area contributed by atoms with E-state index < -0.39 is 0 Å². The maximum Gasteiger partial charge on any atom is 0.231 e. The van der Waals surface area contributed by atoms with E-state index in [0.29, 0.717) is 18.2 Å². The van der Waals surface area contributed by atoms with E-state index in [1.54, 1.807) is 0 Å². The smallest absolute Gasteiger partial charge is 0.231 e. The van der Waals surface area contributed by atoms with Crippen LogP contribution in [-0.4, -0.2) is 23.4 Å². The molecule has 0 atom stereocenters. The van der Waals surface area contributed by atoms with Crippen LogP contribution in [0.15, 0.2) is 24.3 Å². The van der Waals surface area contributed by atoms with Crippen molar-refractivity contribution in [3.63, 3.8) is 0 Å². The van der Waals surface area contributed by atoms with Crippen molar-refractivity contribution in [1.29, 1.82) is 5.26 Å². The number of nitrogens with two attached hydrogens (primary N) is 1. The van der Waals surface area contributed by atoms with Crippen molar-refractivity contribution >= 4 is 5.91 Å². The molecule has 0 saturated heterocycles. The highest BCUT2D eigenvalue weighted by atomic mass is 16.1. The lowest BCUT2D eigenvalue weighted by Gasteiger charge is -2.27. The molecule has 0 unspecified atom stereocenters. The van der Waals surface area contributed by atoms with Gasteiger partial charge in [-0.05, 0) is 24.5 Å². The number of hydrogen-bond donors (Lipinski definition) is 1. The number of carbonyl (C=O) groups is 1. The van der Waals surface area contributed by atoms with Gasteiger partial charge in [-0.25, -0.2) is 0 Å². The summed E-state index contributed by atoms with van der Waals surface area (Å²) in [5.74, 6) is -0.304. The second kappa shape index (κ2) is 6.35. The second-order valence-electron chi connectivity index (χ2n) is 5.08. The zero-order chi connectivity index (χ0) is 13.7. The van der Waals surface area contributed by atoms with E-state index in [9.17, 15) is 4.79 Å². The number of primary amides is 1. The van der Waals surface area contributed by atoms with E-state index >= 15 is 0 Å². The summed E-state index contributed by atoms with van der Waals surface area (Å²) in [6.45, 7) is 0.891. The van der Waals surface area contributed by atoms with E-state index in [-0.39, 0.29) is 12.5 Å². The van der Waals surface area contributed by atoms with E-state index in [4.69, 9.17) is 11.0 Å². The predicted octanol–water partition coefficient (Wildman–Crippen LogP) is 1.79. The van der Waals surface area contributed by atoms with Crippen molar-refractivity contribution in [3.8, 4) is 6.07 Å². The molecular weight excluding hydrogens is 238 g/mol. The molecule has 0 bridgehead atoms. The highest BCUT2D eigenvalue weighted by Gasteiger charge is 2.24. The van der Waals surface area contributed by atoms with E-state index in [0.717, 1.165) is 18.4 Å². The minimum Gasteiger partial charge on any atom is -0.369 e. The van der Waals surface area contributed by atoms with Gasteiger partial charge in [-0.1, -0.05) is 31.0 Å². The van der Waals surface area contributed by atoms with Crippen LogP contribution in [-0.2, 0) is 11.3 Å². The van der Waals surface area contributed by atoms with Gasteiger partial charge in [-0.2, -0.15) is 5.26 Å². The Morgan fingerprint density at radius 1 is 1.37 bits per heavy atom. The van der Waals surface area contributed by atoms with Crippen molar-refractivity contribution in [2.24, 2.45) is 5.73 Å². The summed E-state index contributed by atoms with van der Waals surface area (Å²) < 4.78 is 0. The lowest BCUT2D eigenvalue weighted by atomic mass is 10.1. The molecule has 100 valence electrons. The second-order valence-corrected chi connectivity index (χ2v) is 5.08. The minimum absolute atomic E-state index is 0.268. The number of nitrogens with zero attached hydrogens (tertiary/aromatic N) is 2. The first-order valence-corrected chi connectivity index (χ1v) is 6.71. The van der Waals surface area contributed by atoms with Gasteiger partial charge in [0.05, 0.1) is 18.2 Å². The molecule has 1 amide bonds. The predicted molar refractivity (Wildman–Crippen MR) is 73.0 cm³/mol. The molecule has 1 aromatic carbocycles. The first-order valence-electron chi connectivity index (χ1n) is 6.71. The van der Waals surface area contributed by atoms with Crippen LogP contribution in [0.1, 0.15) is 36.8 Å². The van der Waals surface area contributed by atoms with E-state index in [1.807, 2.05) is 24.3 Å². The summed E-state index contributed by atoms with van der Waals surface area (Å²) in [5, 5.41) is 9.12. The Morgan fingerprint density at radius 2 is 2.05 bits per heavy atom. The Kier molecular flexibility index (Phi) is 4.53. The van der Waals surface area contributed by atoms with Crippen molar-refractivity contribution in [1.82, 2.24) is 4.90 Å². The normalized spacial score (nSPS) is 15.6. The maximum absolute atomic E-state index is 11.2. The van der Waals surface area contributed by atoms with Gasteiger partial charge < -0.3 is 5.73 Å². The van der Waals surface area contributed by atoms with E-state index in [1.165, 1.54) is 12.8 Å². The molecule has 0 heterocycles. The van der Waals surface area contributed by atoms with Crippen molar-refractivity contribution in [2.75, 3.05) is 6.54 Å². The van der Waals surface area contributed by atoms with Gasteiger partial charge in [0, 0.05) is 12.6 Å². The van der Waals surface area contributed by atoms with Crippen LogP contribution < -0.4 is 5.73 Å². The molecule has 0 radical (unpaired) electrons. The molecular formula is C15H19N3O. The van der Waals surface area contributed by atoms with Gasteiger partial charge in [0.25, 0.3) is 0 Å². The average Bonchev–Trinajstić information content (AvgIpc) is 2.92. The number of benzene rings is 1. The molecule has 1 aromatic rings. The fraction of sp³-hybridized carbons (Fsp3) is 0.467. The lowest BCUT2D eigenvalue weighted by molar-refractivity contribution is -0.119. The van der Waals surface area contributed by atoms with Crippen LogP contribution in [0.3, 0.4) is 0 Å². The molecule has 2 N–H and O–H groups in total. The van der Waals surface area contributed by atoms with Crippen LogP contribution in [0.5, 0.6) is 0 Å². The van der Waals surface area contributed by atoms with Gasteiger partial charge in [0.1, 0.15) is 0 Å².